The van der Waals surface area contributed by atoms with Crippen molar-refractivity contribution in [2.75, 3.05) is 16.3 Å². The number of pyridine rings is 1. The Morgan fingerprint density at radius 2 is 2.06 bits per heavy atom. The maximum Gasteiger partial charge on any atom is 0.272 e. The summed E-state index contributed by atoms with van der Waals surface area (Å²) in [5, 5.41) is 2.98. The number of benzene rings is 1. The maximum atomic E-state index is 15.0. The fourth-order valence-corrected chi connectivity index (χ4v) is 4.87. The van der Waals surface area contributed by atoms with Gasteiger partial charge >= 0.3 is 0 Å². The minimum atomic E-state index is -0.878. The SMILES string of the molecule is [C-]#[N+]c1ncc(N2C(=O)C3(CCC3)N(c3ccc(C(=O)NCCC(C)C)c(F)c3)C2=S)cc1C. The number of anilines is 2. The normalized spacial score (nSPS) is 16.7. The molecule has 9 heteroatoms. The number of nitrogens with zero attached hydrogens (tertiary/aromatic N) is 4. The Morgan fingerprint density at radius 3 is 2.62 bits per heavy atom. The second kappa shape index (κ2) is 9.11. The van der Waals surface area contributed by atoms with Crippen LogP contribution in [0.5, 0.6) is 0 Å². The van der Waals surface area contributed by atoms with E-state index in [0.29, 0.717) is 42.2 Å². The second-order valence-corrected chi connectivity index (χ2v) is 9.56. The first-order valence-corrected chi connectivity index (χ1v) is 11.7. The monoisotopic (exact) mass is 479 g/mol. The highest BCUT2D eigenvalue weighted by atomic mass is 32.1. The molecule has 0 bridgehead atoms. The van der Waals surface area contributed by atoms with E-state index in [0.717, 1.165) is 12.8 Å². The van der Waals surface area contributed by atoms with Crippen LogP contribution in [-0.2, 0) is 4.79 Å². The van der Waals surface area contributed by atoms with E-state index in [-0.39, 0.29) is 22.4 Å². The van der Waals surface area contributed by atoms with Crippen molar-refractivity contribution in [3.8, 4) is 0 Å². The molecular weight excluding hydrogens is 453 g/mol. The van der Waals surface area contributed by atoms with Crippen molar-refractivity contribution < 1.29 is 14.0 Å². The average molecular weight is 480 g/mol. The summed E-state index contributed by atoms with van der Waals surface area (Å²) in [6, 6.07) is 6.06. The summed E-state index contributed by atoms with van der Waals surface area (Å²) in [6.07, 6.45) is 4.30. The van der Waals surface area contributed by atoms with E-state index >= 15 is 4.39 Å². The van der Waals surface area contributed by atoms with Gasteiger partial charge in [-0.05, 0) is 80.6 Å². The number of carbonyl (C=O) groups excluding carboxylic acids is 2. The molecule has 2 amide bonds. The molecule has 0 atom stereocenters. The molecule has 4 rings (SSSR count). The van der Waals surface area contributed by atoms with Crippen molar-refractivity contribution >= 4 is 46.3 Å². The second-order valence-electron chi connectivity index (χ2n) is 9.19. The molecule has 1 N–H and O–H groups in total. The molecule has 1 aliphatic carbocycles. The zero-order chi connectivity index (χ0) is 24.6. The number of thiocarbonyl (C=S) groups is 1. The van der Waals surface area contributed by atoms with Gasteiger partial charge in [0.15, 0.2) is 5.11 Å². The van der Waals surface area contributed by atoms with E-state index in [1.165, 1.54) is 23.2 Å². The number of nitrogens with one attached hydrogen (secondary N) is 1. The van der Waals surface area contributed by atoms with E-state index in [4.69, 9.17) is 18.8 Å². The number of aryl methyl sites for hydroxylation is 1. The lowest BCUT2D eigenvalue weighted by molar-refractivity contribution is -0.123. The van der Waals surface area contributed by atoms with Gasteiger partial charge in [0.05, 0.1) is 11.3 Å². The number of halogens is 1. The van der Waals surface area contributed by atoms with Crippen molar-refractivity contribution in [2.45, 2.75) is 52.0 Å². The van der Waals surface area contributed by atoms with Crippen LogP contribution in [0.15, 0.2) is 30.5 Å². The van der Waals surface area contributed by atoms with Gasteiger partial charge in [-0.3, -0.25) is 14.5 Å². The number of hydrogen-bond acceptors (Lipinski definition) is 4. The van der Waals surface area contributed by atoms with E-state index in [1.807, 2.05) is 0 Å². The van der Waals surface area contributed by atoms with Gasteiger partial charge in [0, 0.05) is 12.2 Å². The molecule has 34 heavy (non-hydrogen) atoms. The summed E-state index contributed by atoms with van der Waals surface area (Å²) in [5.41, 5.74) is 0.632. The highest BCUT2D eigenvalue weighted by Gasteiger charge is 2.59. The standard InChI is InChI=1S/C25H26FN5O2S/c1-15(2)8-11-28-22(32)19-7-6-17(13-20(19)26)31-24(34)30(23(33)25(31)9-5-10-25)18-12-16(3)21(27-4)29-14-18/h6-7,12-15H,5,8-11H2,1-3H3,(H,28,32). The third-order valence-electron chi connectivity index (χ3n) is 6.46. The van der Waals surface area contributed by atoms with Crippen molar-refractivity contribution in [3.05, 3.63) is 58.8 Å². The van der Waals surface area contributed by atoms with Crippen LogP contribution in [0.2, 0.25) is 0 Å². The minimum Gasteiger partial charge on any atom is -0.360 e. The minimum absolute atomic E-state index is 0.0435. The van der Waals surface area contributed by atoms with Crippen molar-refractivity contribution in [2.24, 2.45) is 5.92 Å². The molecule has 2 aromatic rings. The summed E-state index contributed by atoms with van der Waals surface area (Å²) in [4.78, 5) is 36.6. The van der Waals surface area contributed by atoms with Gasteiger partial charge in [-0.15, -0.1) is 4.98 Å². The summed E-state index contributed by atoms with van der Waals surface area (Å²) in [6.45, 7) is 13.5. The van der Waals surface area contributed by atoms with Crippen LogP contribution in [0.25, 0.3) is 4.85 Å². The van der Waals surface area contributed by atoms with Gasteiger partial charge in [-0.25, -0.2) is 4.39 Å². The Bertz CT molecular complexity index is 1220. The number of hydrogen-bond donors (Lipinski definition) is 1. The zero-order valence-corrected chi connectivity index (χ0v) is 20.2. The Balaban J connectivity index is 1.65. The molecule has 2 aliphatic rings. The van der Waals surface area contributed by atoms with E-state index in [2.05, 4.69) is 29.0 Å². The number of amides is 2. The fraction of sp³-hybridized carbons (Fsp3) is 0.400. The Morgan fingerprint density at radius 1 is 1.32 bits per heavy atom. The Labute approximate surface area is 203 Å². The van der Waals surface area contributed by atoms with Crippen LogP contribution in [0.4, 0.5) is 21.6 Å². The first kappa shape index (κ1) is 23.8. The zero-order valence-electron chi connectivity index (χ0n) is 19.4. The smallest absolute Gasteiger partial charge is 0.272 e. The number of carbonyl (C=O) groups is 2. The van der Waals surface area contributed by atoms with Crippen LogP contribution in [0.1, 0.15) is 55.5 Å². The van der Waals surface area contributed by atoms with Crippen molar-refractivity contribution in [1.29, 1.82) is 0 Å². The predicted molar refractivity (Wildman–Crippen MR) is 133 cm³/mol. The number of aromatic nitrogens is 1. The van der Waals surface area contributed by atoms with Crippen molar-refractivity contribution in [3.63, 3.8) is 0 Å². The topological polar surface area (TPSA) is 69.9 Å². The van der Waals surface area contributed by atoms with Crippen LogP contribution < -0.4 is 15.1 Å². The Kier molecular flexibility index (Phi) is 6.36. The van der Waals surface area contributed by atoms with Crippen LogP contribution >= 0.6 is 12.2 Å². The molecule has 1 aromatic heterocycles. The average Bonchev–Trinajstić information content (AvgIpc) is 3.00. The highest BCUT2D eigenvalue weighted by molar-refractivity contribution is 7.81. The lowest BCUT2D eigenvalue weighted by atomic mass is 9.75. The third-order valence-corrected chi connectivity index (χ3v) is 6.82. The van der Waals surface area contributed by atoms with Crippen LogP contribution in [0.3, 0.4) is 0 Å². The quantitative estimate of drug-likeness (QED) is 0.471. The van der Waals surface area contributed by atoms with Crippen LogP contribution in [0, 0.1) is 25.2 Å². The van der Waals surface area contributed by atoms with Gasteiger partial charge in [-0.2, -0.15) is 0 Å². The predicted octanol–water partition coefficient (Wildman–Crippen LogP) is 4.92. The summed E-state index contributed by atoms with van der Waals surface area (Å²) >= 11 is 5.71. The molecule has 1 saturated heterocycles. The summed E-state index contributed by atoms with van der Waals surface area (Å²) < 4.78 is 15.0. The lowest BCUT2D eigenvalue weighted by Gasteiger charge is -2.43. The van der Waals surface area contributed by atoms with Crippen LogP contribution in [-0.4, -0.2) is 34.0 Å². The summed E-state index contributed by atoms with van der Waals surface area (Å²) in [5.74, 6) is -0.621. The molecule has 1 aliphatic heterocycles. The largest absolute Gasteiger partial charge is 0.360 e. The van der Waals surface area contributed by atoms with E-state index in [1.54, 1.807) is 24.0 Å². The molecular formula is C25H26FN5O2S. The van der Waals surface area contributed by atoms with E-state index in [9.17, 15) is 9.59 Å². The molecule has 0 radical (unpaired) electrons. The molecule has 2 fully saturated rings. The molecule has 7 nitrogen and oxygen atoms in total. The highest BCUT2D eigenvalue weighted by Crippen LogP contribution is 2.48. The van der Waals surface area contributed by atoms with Gasteiger partial charge in [0.25, 0.3) is 17.6 Å². The van der Waals surface area contributed by atoms with Gasteiger partial charge in [0.1, 0.15) is 17.6 Å². The number of rotatable bonds is 6. The van der Waals surface area contributed by atoms with Gasteiger partial charge in [-0.1, -0.05) is 20.4 Å². The Hall–Kier alpha value is -3.38. The molecule has 1 saturated carbocycles. The molecule has 176 valence electrons. The lowest BCUT2D eigenvalue weighted by Crippen LogP contribution is -2.55. The van der Waals surface area contributed by atoms with Crippen molar-refractivity contribution in [1.82, 2.24) is 10.3 Å². The first-order valence-electron chi connectivity index (χ1n) is 11.3. The summed E-state index contributed by atoms with van der Waals surface area (Å²) in [7, 11) is 0. The maximum absolute atomic E-state index is 15.0. The fourth-order valence-electron chi connectivity index (χ4n) is 4.40. The molecule has 0 unspecified atom stereocenters. The molecule has 1 spiro atoms. The molecule has 1 aromatic carbocycles. The molecule has 2 heterocycles. The van der Waals surface area contributed by atoms with Gasteiger partial charge < -0.3 is 15.1 Å². The van der Waals surface area contributed by atoms with Gasteiger partial charge in [0.2, 0.25) is 0 Å². The first-order chi connectivity index (χ1) is 16.2. The van der Waals surface area contributed by atoms with E-state index < -0.39 is 17.3 Å². The third kappa shape index (κ3) is 3.92.